The number of aromatic nitrogens is 2. The molecule has 0 aliphatic carbocycles. The van der Waals surface area contributed by atoms with Gasteiger partial charge in [-0.15, -0.1) is 0 Å². The first-order valence-electron chi connectivity index (χ1n) is 7.94. The number of nitrogens with zero attached hydrogens (tertiary/aromatic N) is 3. The van der Waals surface area contributed by atoms with E-state index in [1.807, 2.05) is 6.92 Å². The van der Waals surface area contributed by atoms with E-state index >= 15 is 0 Å². The van der Waals surface area contributed by atoms with Crippen molar-refractivity contribution in [3.63, 3.8) is 0 Å². The molecule has 2 aliphatic rings. The van der Waals surface area contributed by atoms with Gasteiger partial charge >= 0.3 is 0 Å². The maximum Gasteiger partial charge on any atom is 0.0951 e. The van der Waals surface area contributed by atoms with E-state index in [0.717, 1.165) is 68.3 Å². The summed E-state index contributed by atoms with van der Waals surface area (Å²) in [5.41, 5.74) is 1.95. The van der Waals surface area contributed by atoms with Crippen molar-refractivity contribution < 1.29 is 4.74 Å². The van der Waals surface area contributed by atoms with Crippen molar-refractivity contribution in [1.29, 1.82) is 0 Å². The molecule has 2 saturated heterocycles. The normalized spacial score (nSPS) is 25.3. The molecule has 1 aromatic heterocycles. The second-order valence-corrected chi connectivity index (χ2v) is 6.64. The number of rotatable bonds is 4. The molecule has 0 spiro atoms. The van der Waals surface area contributed by atoms with Gasteiger partial charge in [-0.3, -0.25) is 14.9 Å². The summed E-state index contributed by atoms with van der Waals surface area (Å²) in [6, 6.07) is 0. The van der Waals surface area contributed by atoms with Crippen LogP contribution in [0.5, 0.6) is 0 Å². The Labute approximate surface area is 131 Å². The summed E-state index contributed by atoms with van der Waals surface area (Å²) in [6.07, 6.45) is 2.61. The standard InChI is InChI=1S/C15H25ClN4O/c1-12-15(16)14(18-17-12)11-20-4-2-3-13(10-20)9-19-5-7-21-8-6-19/h13H,2-11H2,1H3,(H,17,18). The number of halogens is 1. The van der Waals surface area contributed by atoms with E-state index in [1.165, 1.54) is 19.4 Å². The van der Waals surface area contributed by atoms with Crippen LogP contribution in [0.3, 0.4) is 0 Å². The van der Waals surface area contributed by atoms with E-state index in [4.69, 9.17) is 16.3 Å². The van der Waals surface area contributed by atoms with Crippen LogP contribution < -0.4 is 0 Å². The lowest BCUT2D eigenvalue weighted by Gasteiger charge is -2.36. The Hall–Kier alpha value is -0.620. The first-order chi connectivity index (χ1) is 10.2. The quantitative estimate of drug-likeness (QED) is 0.922. The molecule has 21 heavy (non-hydrogen) atoms. The average molecular weight is 313 g/mol. The summed E-state index contributed by atoms with van der Waals surface area (Å²) < 4.78 is 5.43. The molecule has 118 valence electrons. The highest BCUT2D eigenvalue weighted by Crippen LogP contribution is 2.23. The molecule has 5 nitrogen and oxygen atoms in total. The second-order valence-electron chi connectivity index (χ2n) is 6.27. The molecule has 3 heterocycles. The summed E-state index contributed by atoms with van der Waals surface area (Å²) in [5, 5.41) is 8.09. The first kappa shape index (κ1) is 15.3. The maximum atomic E-state index is 6.28. The molecule has 6 heteroatoms. The molecule has 3 rings (SSSR count). The van der Waals surface area contributed by atoms with Gasteiger partial charge in [0.1, 0.15) is 0 Å². The minimum Gasteiger partial charge on any atom is -0.379 e. The van der Waals surface area contributed by atoms with Crippen molar-refractivity contribution in [3.8, 4) is 0 Å². The maximum absolute atomic E-state index is 6.28. The number of H-pyrrole nitrogens is 1. The average Bonchev–Trinajstić information content (AvgIpc) is 2.81. The van der Waals surface area contributed by atoms with E-state index in [1.54, 1.807) is 0 Å². The molecule has 1 aromatic rings. The Morgan fingerprint density at radius 3 is 2.81 bits per heavy atom. The van der Waals surface area contributed by atoms with E-state index < -0.39 is 0 Å². The number of likely N-dealkylation sites (tertiary alicyclic amines) is 1. The number of aromatic amines is 1. The van der Waals surface area contributed by atoms with Crippen LogP contribution in [-0.4, -0.2) is 65.9 Å². The van der Waals surface area contributed by atoms with Crippen LogP contribution in [0.15, 0.2) is 0 Å². The van der Waals surface area contributed by atoms with Gasteiger partial charge < -0.3 is 4.74 Å². The van der Waals surface area contributed by atoms with Crippen LogP contribution in [0.2, 0.25) is 5.02 Å². The summed E-state index contributed by atoms with van der Waals surface area (Å²) in [6.45, 7) is 10.3. The Balaban J connectivity index is 1.51. The van der Waals surface area contributed by atoms with E-state index in [-0.39, 0.29) is 0 Å². The number of morpholine rings is 1. The third kappa shape index (κ3) is 3.97. The highest BCUT2D eigenvalue weighted by molar-refractivity contribution is 6.31. The van der Waals surface area contributed by atoms with Crippen LogP contribution in [0.4, 0.5) is 0 Å². The van der Waals surface area contributed by atoms with Gasteiger partial charge in [0.15, 0.2) is 0 Å². The zero-order chi connectivity index (χ0) is 14.7. The Kier molecular flexibility index (Phi) is 5.16. The zero-order valence-corrected chi connectivity index (χ0v) is 13.5. The third-order valence-electron chi connectivity index (χ3n) is 4.54. The molecule has 0 amide bonds. The first-order valence-corrected chi connectivity index (χ1v) is 8.32. The van der Waals surface area contributed by atoms with E-state index in [9.17, 15) is 0 Å². The van der Waals surface area contributed by atoms with Crippen LogP contribution >= 0.6 is 11.6 Å². The monoisotopic (exact) mass is 312 g/mol. The molecule has 0 bridgehead atoms. The zero-order valence-electron chi connectivity index (χ0n) is 12.8. The van der Waals surface area contributed by atoms with Gasteiger partial charge in [0, 0.05) is 32.7 Å². The number of aryl methyl sites for hydroxylation is 1. The molecule has 2 aliphatic heterocycles. The van der Waals surface area contributed by atoms with Crippen molar-refractivity contribution >= 4 is 11.6 Å². The molecule has 0 radical (unpaired) electrons. The smallest absolute Gasteiger partial charge is 0.0951 e. The lowest BCUT2D eigenvalue weighted by molar-refractivity contribution is 0.0223. The summed E-state index contributed by atoms with van der Waals surface area (Å²) >= 11 is 6.28. The van der Waals surface area contributed by atoms with E-state index in [0.29, 0.717) is 0 Å². The van der Waals surface area contributed by atoms with Crippen molar-refractivity contribution in [1.82, 2.24) is 20.0 Å². The van der Waals surface area contributed by atoms with Crippen molar-refractivity contribution in [2.24, 2.45) is 5.92 Å². The van der Waals surface area contributed by atoms with Crippen molar-refractivity contribution in [2.75, 3.05) is 45.9 Å². The fourth-order valence-corrected chi connectivity index (χ4v) is 3.52. The molecular weight excluding hydrogens is 288 g/mol. The minimum absolute atomic E-state index is 0.760. The lowest BCUT2D eigenvalue weighted by Crippen LogP contribution is -2.44. The number of hydrogen-bond acceptors (Lipinski definition) is 4. The Morgan fingerprint density at radius 1 is 1.29 bits per heavy atom. The largest absolute Gasteiger partial charge is 0.379 e. The van der Waals surface area contributed by atoms with Crippen molar-refractivity contribution in [3.05, 3.63) is 16.4 Å². The van der Waals surface area contributed by atoms with Crippen LogP contribution in [0, 0.1) is 12.8 Å². The second kappa shape index (κ2) is 7.09. The van der Waals surface area contributed by atoms with Gasteiger partial charge in [0.05, 0.1) is 29.6 Å². The Morgan fingerprint density at radius 2 is 2.10 bits per heavy atom. The summed E-state index contributed by atoms with van der Waals surface area (Å²) in [5.74, 6) is 0.760. The summed E-state index contributed by atoms with van der Waals surface area (Å²) in [4.78, 5) is 5.04. The third-order valence-corrected chi connectivity index (χ3v) is 5.04. The lowest BCUT2D eigenvalue weighted by atomic mass is 9.97. The highest BCUT2D eigenvalue weighted by atomic mass is 35.5. The van der Waals surface area contributed by atoms with Gasteiger partial charge in [-0.25, -0.2) is 0 Å². The predicted octanol–water partition coefficient (Wildman–Crippen LogP) is 1.92. The topological polar surface area (TPSA) is 44.4 Å². The minimum atomic E-state index is 0.760. The molecule has 2 fully saturated rings. The van der Waals surface area contributed by atoms with Gasteiger partial charge in [-0.05, 0) is 32.2 Å². The SMILES string of the molecule is Cc1[nH]nc(CN2CCCC(CN3CCOCC3)C2)c1Cl. The number of hydrogen-bond donors (Lipinski definition) is 1. The Bertz CT molecular complexity index is 459. The fourth-order valence-electron chi connectivity index (χ4n) is 3.38. The summed E-state index contributed by atoms with van der Waals surface area (Å²) in [7, 11) is 0. The predicted molar refractivity (Wildman–Crippen MR) is 83.6 cm³/mol. The van der Waals surface area contributed by atoms with Crippen LogP contribution in [0.25, 0.3) is 0 Å². The van der Waals surface area contributed by atoms with Crippen LogP contribution in [0.1, 0.15) is 24.2 Å². The highest BCUT2D eigenvalue weighted by Gasteiger charge is 2.24. The van der Waals surface area contributed by atoms with Gasteiger partial charge in [0.25, 0.3) is 0 Å². The fraction of sp³-hybridized carbons (Fsp3) is 0.800. The number of piperidine rings is 1. The van der Waals surface area contributed by atoms with Crippen LogP contribution in [-0.2, 0) is 11.3 Å². The molecule has 1 unspecified atom stereocenters. The molecule has 0 saturated carbocycles. The number of nitrogens with one attached hydrogen (secondary N) is 1. The van der Waals surface area contributed by atoms with E-state index in [2.05, 4.69) is 20.0 Å². The van der Waals surface area contributed by atoms with Gasteiger partial charge in [0.2, 0.25) is 0 Å². The molecular formula is C15H25ClN4O. The van der Waals surface area contributed by atoms with Crippen molar-refractivity contribution in [2.45, 2.75) is 26.3 Å². The number of ether oxygens (including phenoxy) is 1. The van der Waals surface area contributed by atoms with Gasteiger partial charge in [-0.1, -0.05) is 11.6 Å². The van der Waals surface area contributed by atoms with Gasteiger partial charge in [-0.2, -0.15) is 5.10 Å². The molecule has 1 N–H and O–H groups in total. The molecule has 0 aromatic carbocycles. The molecule has 1 atom stereocenters.